The molecular weight excluding hydrogens is 627 g/mol. The zero-order chi connectivity index (χ0) is 31.7. The summed E-state index contributed by atoms with van der Waals surface area (Å²) in [6, 6.07) is 7.59. The van der Waals surface area contributed by atoms with Crippen LogP contribution < -0.4 is 5.32 Å². The Morgan fingerprint density at radius 1 is 0.977 bits per heavy atom. The molecule has 3 aromatic rings. The molecule has 16 heteroatoms. The van der Waals surface area contributed by atoms with Gasteiger partial charge in [-0.2, -0.15) is 26.3 Å². The number of thioether (sulfide) groups is 1. The summed E-state index contributed by atoms with van der Waals surface area (Å²) in [5, 5.41) is 11.5. The highest BCUT2D eigenvalue weighted by atomic mass is 32.2. The summed E-state index contributed by atoms with van der Waals surface area (Å²) in [6.07, 6.45) is -9.38. The smallest absolute Gasteiger partial charge is 0.416 e. The molecule has 4 rings (SSSR count). The van der Waals surface area contributed by atoms with Gasteiger partial charge in [0, 0.05) is 30.3 Å². The highest BCUT2D eigenvalue weighted by molar-refractivity contribution is 8.26. The topological polar surface area (TPSA) is 99.6 Å². The number of carbonyl (C=O) groups is 3. The van der Waals surface area contributed by atoms with Crippen LogP contribution in [0.2, 0.25) is 0 Å². The van der Waals surface area contributed by atoms with Crippen LogP contribution in [-0.4, -0.2) is 43.6 Å². The van der Waals surface area contributed by atoms with Gasteiger partial charge in [0.25, 0.3) is 5.91 Å². The molecule has 1 fully saturated rings. The third-order valence-electron chi connectivity index (χ3n) is 5.82. The number of carboxylic acid groups (broad SMARTS) is 1. The van der Waals surface area contributed by atoms with Crippen LogP contribution in [0.3, 0.4) is 0 Å². The van der Waals surface area contributed by atoms with E-state index in [9.17, 15) is 45.1 Å². The molecule has 2 aromatic carbocycles. The Bertz CT molecular complexity index is 1620. The molecule has 1 aliphatic heterocycles. The van der Waals surface area contributed by atoms with Crippen molar-refractivity contribution in [1.29, 1.82) is 0 Å². The molecule has 7 nitrogen and oxygen atoms in total. The van der Waals surface area contributed by atoms with Gasteiger partial charge in [0.1, 0.15) is 10.1 Å². The van der Waals surface area contributed by atoms with Gasteiger partial charge in [-0.3, -0.25) is 14.5 Å². The minimum atomic E-state index is -5.12. The number of hydrogen-bond donors (Lipinski definition) is 2. The van der Waals surface area contributed by atoms with E-state index in [1.807, 2.05) is 0 Å². The summed E-state index contributed by atoms with van der Waals surface area (Å²) in [7, 11) is 0. The van der Waals surface area contributed by atoms with Crippen molar-refractivity contribution in [2.24, 2.45) is 0 Å². The number of benzene rings is 2. The van der Waals surface area contributed by atoms with Crippen molar-refractivity contribution in [2.45, 2.75) is 18.8 Å². The zero-order valence-electron chi connectivity index (χ0n) is 21.2. The van der Waals surface area contributed by atoms with Gasteiger partial charge in [-0.25, -0.2) is 14.2 Å². The number of alkyl halides is 6. The summed E-state index contributed by atoms with van der Waals surface area (Å²) in [5.41, 5.74) is -4.33. The Morgan fingerprint density at radius 3 is 2.14 bits per heavy atom. The molecule has 0 atom stereocenters. The summed E-state index contributed by atoms with van der Waals surface area (Å²) in [6.45, 7) is -0.159. The van der Waals surface area contributed by atoms with Gasteiger partial charge in [-0.05, 0) is 54.6 Å². The molecule has 2 N–H and O–H groups in total. The summed E-state index contributed by atoms with van der Waals surface area (Å²) in [5.74, 6) is -3.38. The monoisotopic (exact) mass is 643 g/mol. The Hall–Kier alpha value is -4.31. The SMILES string of the molecule is O=C(CCN1C(=O)/C(=C/c2cc(F)cc(-c3cc(C(F)(F)F)cc(C(F)(F)F)c3)n2)SC1=S)Nc1ccc(C(=O)O)cc1. The van der Waals surface area contributed by atoms with Crippen molar-refractivity contribution in [3.05, 3.63) is 87.7 Å². The number of aromatic carboxylic acids is 1. The first-order valence-corrected chi connectivity index (χ1v) is 13.1. The first kappa shape index (κ1) is 31.6. The van der Waals surface area contributed by atoms with Crippen molar-refractivity contribution >= 4 is 57.8 Å². The molecular formula is C27H16F7N3O4S2. The van der Waals surface area contributed by atoms with Crippen molar-refractivity contribution in [1.82, 2.24) is 9.88 Å². The Kier molecular flexibility index (Phi) is 8.92. The molecule has 0 aliphatic carbocycles. The standard InChI is InChI=1S/C27H16F7N3O4S2/c28-17-10-19(35-20(11-17)14-7-15(26(29,30)31)9-16(8-14)27(32,33)34)12-21-23(39)37(25(42)43-21)6-5-22(38)36-18-3-1-13(2-4-18)24(40)41/h1-4,7-12H,5-6H2,(H,36,38)(H,40,41)/b21-12-. The minimum absolute atomic E-state index is 0.0168. The maximum atomic E-state index is 14.4. The van der Waals surface area contributed by atoms with E-state index in [0.29, 0.717) is 23.9 Å². The normalized spacial score (nSPS) is 14.9. The third-order valence-corrected chi connectivity index (χ3v) is 7.20. The lowest BCUT2D eigenvalue weighted by Crippen LogP contribution is -2.31. The van der Waals surface area contributed by atoms with Crippen molar-refractivity contribution in [2.75, 3.05) is 11.9 Å². The van der Waals surface area contributed by atoms with Gasteiger partial charge in [0.05, 0.1) is 33.0 Å². The van der Waals surface area contributed by atoms with Crippen LogP contribution in [0.1, 0.15) is 33.6 Å². The number of nitrogens with zero attached hydrogens (tertiary/aromatic N) is 2. The van der Waals surface area contributed by atoms with Gasteiger partial charge in [-0.1, -0.05) is 24.0 Å². The van der Waals surface area contributed by atoms with Crippen molar-refractivity contribution < 1.29 is 50.2 Å². The van der Waals surface area contributed by atoms with Crippen LogP contribution in [-0.2, 0) is 21.9 Å². The van der Waals surface area contributed by atoms with E-state index < -0.39 is 58.3 Å². The van der Waals surface area contributed by atoms with Crippen LogP contribution in [0.15, 0.2) is 59.5 Å². The molecule has 0 spiro atoms. The average Bonchev–Trinajstić information content (AvgIpc) is 3.17. The predicted octanol–water partition coefficient (Wildman–Crippen LogP) is 6.85. The van der Waals surface area contributed by atoms with Gasteiger partial charge < -0.3 is 10.4 Å². The number of anilines is 1. The fourth-order valence-electron chi connectivity index (χ4n) is 3.80. The lowest BCUT2D eigenvalue weighted by atomic mass is 10.0. The van der Waals surface area contributed by atoms with E-state index in [0.717, 1.165) is 28.8 Å². The third kappa shape index (κ3) is 7.75. The largest absolute Gasteiger partial charge is 0.478 e. The lowest BCUT2D eigenvalue weighted by Gasteiger charge is -2.14. The van der Waals surface area contributed by atoms with E-state index in [4.69, 9.17) is 17.3 Å². The summed E-state index contributed by atoms with van der Waals surface area (Å²) >= 11 is 5.97. The van der Waals surface area contributed by atoms with Gasteiger partial charge in [0.15, 0.2) is 0 Å². The number of thiocarbonyl (C=S) groups is 1. The lowest BCUT2D eigenvalue weighted by molar-refractivity contribution is -0.143. The number of carboxylic acids is 1. The van der Waals surface area contributed by atoms with Crippen LogP contribution in [0, 0.1) is 5.82 Å². The van der Waals surface area contributed by atoms with Gasteiger partial charge >= 0.3 is 18.3 Å². The van der Waals surface area contributed by atoms with Gasteiger partial charge in [0.2, 0.25) is 5.91 Å². The molecule has 2 amide bonds. The summed E-state index contributed by atoms with van der Waals surface area (Å²) < 4.78 is 94.2. The molecule has 1 aromatic heterocycles. The fourth-order valence-corrected chi connectivity index (χ4v) is 5.10. The molecule has 1 saturated heterocycles. The second-order valence-electron chi connectivity index (χ2n) is 8.90. The minimum Gasteiger partial charge on any atom is -0.478 e. The summed E-state index contributed by atoms with van der Waals surface area (Å²) in [4.78, 5) is 41.2. The number of hydrogen-bond acceptors (Lipinski definition) is 6. The number of amides is 2. The highest BCUT2D eigenvalue weighted by Crippen LogP contribution is 2.39. The number of pyridine rings is 1. The first-order valence-electron chi connectivity index (χ1n) is 11.9. The molecule has 2 heterocycles. The van der Waals surface area contributed by atoms with E-state index in [-0.39, 0.29) is 39.5 Å². The Balaban J connectivity index is 1.52. The number of aromatic nitrogens is 1. The molecule has 0 bridgehead atoms. The average molecular weight is 644 g/mol. The number of carbonyl (C=O) groups excluding carboxylic acids is 2. The number of nitrogens with one attached hydrogen (secondary N) is 1. The molecule has 0 saturated carbocycles. The van der Waals surface area contributed by atoms with Crippen molar-refractivity contribution in [3.63, 3.8) is 0 Å². The fraction of sp³-hybridized carbons (Fsp3) is 0.148. The number of rotatable bonds is 7. The van der Waals surface area contributed by atoms with Crippen LogP contribution in [0.4, 0.5) is 36.4 Å². The number of halogens is 7. The van der Waals surface area contributed by atoms with E-state index >= 15 is 0 Å². The Labute approximate surface area is 247 Å². The predicted molar refractivity (Wildman–Crippen MR) is 146 cm³/mol. The molecule has 224 valence electrons. The highest BCUT2D eigenvalue weighted by Gasteiger charge is 2.37. The van der Waals surface area contributed by atoms with Crippen LogP contribution in [0.5, 0.6) is 0 Å². The maximum Gasteiger partial charge on any atom is 0.416 e. The first-order chi connectivity index (χ1) is 20.0. The van der Waals surface area contributed by atoms with E-state index in [1.54, 1.807) is 0 Å². The van der Waals surface area contributed by atoms with E-state index in [2.05, 4.69) is 10.3 Å². The second-order valence-corrected chi connectivity index (χ2v) is 10.6. The Morgan fingerprint density at radius 2 is 1.58 bits per heavy atom. The molecule has 43 heavy (non-hydrogen) atoms. The van der Waals surface area contributed by atoms with Crippen molar-refractivity contribution in [3.8, 4) is 11.3 Å². The van der Waals surface area contributed by atoms with Crippen LogP contribution in [0.25, 0.3) is 17.3 Å². The van der Waals surface area contributed by atoms with E-state index in [1.165, 1.54) is 24.3 Å². The van der Waals surface area contributed by atoms with Crippen LogP contribution >= 0.6 is 24.0 Å². The second kappa shape index (κ2) is 12.1. The molecule has 0 radical (unpaired) electrons. The van der Waals surface area contributed by atoms with Gasteiger partial charge in [-0.15, -0.1) is 0 Å². The molecule has 1 aliphatic rings. The molecule has 0 unspecified atom stereocenters. The quantitative estimate of drug-likeness (QED) is 0.165. The zero-order valence-corrected chi connectivity index (χ0v) is 22.8. The maximum absolute atomic E-state index is 14.4.